The van der Waals surface area contributed by atoms with Crippen molar-refractivity contribution in [3.05, 3.63) is 48.3 Å². The molecule has 0 aliphatic carbocycles. The third kappa shape index (κ3) is 3.67. The molecule has 1 aromatic carbocycles. The number of hydrogen-bond donors (Lipinski definition) is 0. The summed E-state index contributed by atoms with van der Waals surface area (Å²) >= 11 is 0. The zero-order valence-electron chi connectivity index (χ0n) is 13.3. The van der Waals surface area contributed by atoms with Gasteiger partial charge in [-0.1, -0.05) is 13.0 Å². The van der Waals surface area contributed by atoms with Crippen LogP contribution in [0, 0.1) is 0 Å². The van der Waals surface area contributed by atoms with Crippen LogP contribution in [0.3, 0.4) is 0 Å². The van der Waals surface area contributed by atoms with E-state index in [-0.39, 0.29) is 11.9 Å². The van der Waals surface area contributed by atoms with Gasteiger partial charge in [-0.2, -0.15) is 0 Å². The molecular formula is C18H21N3O2. The Kier molecular flexibility index (Phi) is 4.86. The maximum Gasteiger partial charge on any atom is 0.321 e. The molecule has 2 heterocycles. The predicted octanol–water partition coefficient (Wildman–Crippen LogP) is 3.67. The van der Waals surface area contributed by atoms with E-state index in [2.05, 4.69) is 16.9 Å². The van der Waals surface area contributed by atoms with Crippen molar-refractivity contribution in [1.29, 1.82) is 0 Å². The topological polar surface area (TPSA) is 55.3 Å². The van der Waals surface area contributed by atoms with Gasteiger partial charge in [0.2, 0.25) is 0 Å². The minimum Gasteiger partial charge on any atom is -0.424 e. The normalized spacial score (nSPS) is 17.8. The van der Waals surface area contributed by atoms with Crippen molar-refractivity contribution >= 4 is 5.91 Å². The molecule has 1 saturated heterocycles. The Labute approximate surface area is 136 Å². The number of hydrogen-bond acceptors (Lipinski definition) is 4. The van der Waals surface area contributed by atoms with Gasteiger partial charge in [-0.3, -0.25) is 4.79 Å². The first-order valence-corrected chi connectivity index (χ1v) is 8.14. The summed E-state index contributed by atoms with van der Waals surface area (Å²) in [5, 5.41) is 0. The van der Waals surface area contributed by atoms with Gasteiger partial charge in [-0.15, -0.1) is 0 Å². The van der Waals surface area contributed by atoms with Gasteiger partial charge in [0.15, 0.2) is 0 Å². The van der Waals surface area contributed by atoms with Crippen LogP contribution in [0.1, 0.15) is 43.0 Å². The lowest BCUT2D eigenvalue weighted by molar-refractivity contribution is 0.0607. The van der Waals surface area contributed by atoms with Gasteiger partial charge < -0.3 is 9.64 Å². The fraction of sp³-hybridized carbons (Fsp3) is 0.389. The Hall–Kier alpha value is -2.43. The number of ether oxygens (including phenoxy) is 1. The Morgan fingerprint density at radius 3 is 2.87 bits per heavy atom. The SMILES string of the molecule is CC[C@@H]1CCCCN1C(=O)c1cccc(Oc2ncccn2)c1. The molecular weight excluding hydrogens is 290 g/mol. The predicted molar refractivity (Wildman–Crippen MR) is 87.5 cm³/mol. The van der Waals surface area contributed by atoms with Crippen LogP contribution in [0.5, 0.6) is 11.8 Å². The average molecular weight is 311 g/mol. The fourth-order valence-electron chi connectivity index (χ4n) is 2.99. The Bertz CT molecular complexity index is 660. The molecule has 1 amide bonds. The summed E-state index contributed by atoms with van der Waals surface area (Å²) in [6.45, 7) is 2.98. The third-order valence-electron chi connectivity index (χ3n) is 4.19. The number of likely N-dealkylation sites (tertiary alicyclic amines) is 1. The number of carbonyl (C=O) groups is 1. The summed E-state index contributed by atoms with van der Waals surface area (Å²) in [7, 11) is 0. The largest absolute Gasteiger partial charge is 0.424 e. The first-order chi connectivity index (χ1) is 11.3. The molecule has 3 rings (SSSR count). The molecule has 2 aromatic rings. The molecule has 5 heteroatoms. The first kappa shape index (κ1) is 15.5. The van der Waals surface area contributed by atoms with E-state index in [9.17, 15) is 4.79 Å². The average Bonchev–Trinajstić information content (AvgIpc) is 2.62. The monoisotopic (exact) mass is 311 g/mol. The van der Waals surface area contributed by atoms with Gasteiger partial charge >= 0.3 is 6.01 Å². The molecule has 1 aliphatic rings. The number of carbonyl (C=O) groups excluding carboxylic acids is 1. The van der Waals surface area contributed by atoms with E-state index in [1.165, 1.54) is 6.42 Å². The van der Waals surface area contributed by atoms with Gasteiger partial charge in [0.25, 0.3) is 5.91 Å². The first-order valence-electron chi connectivity index (χ1n) is 8.14. The van der Waals surface area contributed by atoms with Crippen molar-refractivity contribution in [3.63, 3.8) is 0 Å². The number of rotatable bonds is 4. The van der Waals surface area contributed by atoms with Crippen molar-refractivity contribution in [1.82, 2.24) is 14.9 Å². The lowest BCUT2D eigenvalue weighted by Gasteiger charge is -2.35. The second kappa shape index (κ2) is 7.22. The summed E-state index contributed by atoms with van der Waals surface area (Å²) in [5.74, 6) is 0.656. The van der Waals surface area contributed by atoms with Crippen molar-refractivity contribution in [2.45, 2.75) is 38.6 Å². The number of amides is 1. The van der Waals surface area contributed by atoms with Gasteiger partial charge in [0, 0.05) is 30.5 Å². The molecule has 5 nitrogen and oxygen atoms in total. The highest BCUT2D eigenvalue weighted by Gasteiger charge is 2.26. The molecule has 23 heavy (non-hydrogen) atoms. The fourth-order valence-corrected chi connectivity index (χ4v) is 2.99. The zero-order chi connectivity index (χ0) is 16.1. The molecule has 0 saturated carbocycles. The lowest BCUT2D eigenvalue weighted by atomic mass is 9.99. The van der Waals surface area contributed by atoms with E-state index in [1.807, 2.05) is 17.0 Å². The van der Waals surface area contributed by atoms with Gasteiger partial charge in [0.05, 0.1) is 0 Å². The van der Waals surface area contributed by atoms with Crippen LogP contribution in [0.2, 0.25) is 0 Å². The smallest absolute Gasteiger partial charge is 0.321 e. The Morgan fingerprint density at radius 1 is 1.26 bits per heavy atom. The highest BCUT2D eigenvalue weighted by atomic mass is 16.5. The van der Waals surface area contributed by atoms with Gasteiger partial charge in [-0.25, -0.2) is 9.97 Å². The minimum absolute atomic E-state index is 0.0796. The van der Waals surface area contributed by atoms with Crippen LogP contribution < -0.4 is 4.74 Å². The van der Waals surface area contributed by atoms with Crippen molar-refractivity contribution in [2.75, 3.05) is 6.54 Å². The molecule has 1 aliphatic heterocycles. The van der Waals surface area contributed by atoms with E-state index in [0.29, 0.717) is 17.4 Å². The van der Waals surface area contributed by atoms with E-state index in [1.54, 1.807) is 30.6 Å². The van der Waals surface area contributed by atoms with Crippen molar-refractivity contribution < 1.29 is 9.53 Å². The maximum absolute atomic E-state index is 12.8. The molecule has 1 fully saturated rings. The summed E-state index contributed by atoms with van der Waals surface area (Å²) in [4.78, 5) is 22.9. The van der Waals surface area contributed by atoms with Crippen LogP contribution in [-0.4, -0.2) is 33.4 Å². The van der Waals surface area contributed by atoms with Crippen LogP contribution in [-0.2, 0) is 0 Å². The zero-order valence-corrected chi connectivity index (χ0v) is 13.3. The number of piperidine rings is 1. The molecule has 0 spiro atoms. The number of aromatic nitrogens is 2. The van der Waals surface area contributed by atoms with Crippen LogP contribution in [0.4, 0.5) is 0 Å². The van der Waals surface area contributed by atoms with Crippen LogP contribution >= 0.6 is 0 Å². The van der Waals surface area contributed by atoms with Gasteiger partial charge in [0.1, 0.15) is 5.75 Å². The minimum atomic E-state index is 0.0796. The van der Waals surface area contributed by atoms with E-state index in [0.717, 1.165) is 25.8 Å². The highest BCUT2D eigenvalue weighted by Crippen LogP contribution is 2.24. The molecule has 120 valence electrons. The number of benzene rings is 1. The van der Waals surface area contributed by atoms with Crippen LogP contribution in [0.15, 0.2) is 42.7 Å². The quantitative estimate of drug-likeness (QED) is 0.864. The summed E-state index contributed by atoms with van der Waals surface area (Å²) in [5.41, 5.74) is 0.652. The Balaban J connectivity index is 1.77. The molecule has 1 atom stereocenters. The second-order valence-corrected chi connectivity index (χ2v) is 5.72. The highest BCUT2D eigenvalue weighted by molar-refractivity contribution is 5.94. The van der Waals surface area contributed by atoms with Crippen molar-refractivity contribution in [2.24, 2.45) is 0 Å². The second-order valence-electron chi connectivity index (χ2n) is 5.72. The van der Waals surface area contributed by atoms with Crippen LogP contribution in [0.25, 0.3) is 0 Å². The van der Waals surface area contributed by atoms with Gasteiger partial charge in [-0.05, 0) is 49.9 Å². The van der Waals surface area contributed by atoms with Crippen molar-refractivity contribution in [3.8, 4) is 11.8 Å². The number of nitrogens with zero attached hydrogens (tertiary/aromatic N) is 3. The molecule has 0 bridgehead atoms. The lowest BCUT2D eigenvalue weighted by Crippen LogP contribution is -2.43. The maximum atomic E-state index is 12.8. The third-order valence-corrected chi connectivity index (χ3v) is 4.19. The van der Waals surface area contributed by atoms with E-state index in [4.69, 9.17) is 4.74 Å². The molecule has 1 aromatic heterocycles. The van der Waals surface area contributed by atoms with E-state index < -0.39 is 0 Å². The molecule has 0 unspecified atom stereocenters. The molecule has 0 radical (unpaired) electrons. The van der Waals surface area contributed by atoms with E-state index >= 15 is 0 Å². The summed E-state index contributed by atoms with van der Waals surface area (Å²) < 4.78 is 5.62. The Morgan fingerprint density at radius 2 is 2.09 bits per heavy atom. The standard InChI is InChI=1S/C18H21N3O2/c1-2-15-8-3-4-12-21(15)17(22)14-7-5-9-16(13-14)23-18-19-10-6-11-20-18/h5-7,9-11,13,15H,2-4,8,12H2,1H3/t15-/m1/s1. The summed E-state index contributed by atoms with van der Waals surface area (Å²) in [6.07, 6.45) is 7.62. The summed E-state index contributed by atoms with van der Waals surface area (Å²) in [6, 6.07) is 9.59. The molecule has 0 N–H and O–H groups in total.